The maximum absolute atomic E-state index is 14.2. The van der Waals surface area contributed by atoms with Crippen LogP contribution < -0.4 is 9.47 Å². The first-order valence-electron chi connectivity index (χ1n) is 9.93. The summed E-state index contributed by atoms with van der Waals surface area (Å²) >= 11 is 0. The van der Waals surface area contributed by atoms with E-state index in [9.17, 15) is 18.0 Å². The number of benzene rings is 2. The Bertz CT molecular complexity index is 1160. The number of pyridine rings is 1. The minimum Gasteiger partial charge on any atom is -0.486 e. The maximum atomic E-state index is 14.2. The molecule has 1 aliphatic heterocycles. The third kappa shape index (κ3) is 3.89. The highest BCUT2D eigenvalue weighted by molar-refractivity contribution is 5.93. The van der Waals surface area contributed by atoms with E-state index in [0.717, 1.165) is 0 Å². The number of fused-ring (bicyclic) bond motifs is 2. The summed E-state index contributed by atoms with van der Waals surface area (Å²) in [6.07, 6.45) is -4.13. The Morgan fingerprint density at radius 3 is 2.39 bits per heavy atom. The van der Waals surface area contributed by atoms with Gasteiger partial charge >= 0.3 is 12.1 Å². The molecule has 1 N–H and O–H groups in total. The van der Waals surface area contributed by atoms with Gasteiger partial charge in [0.15, 0.2) is 11.5 Å². The van der Waals surface area contributed by atoms with Crippen LogP contribution in [0.1, 0.15) is 30.2 Å². The predicted molar refractivity (Wildman–Crippen MR) is 109 cm³/mol. The quantitative estimate of drug-likeness (QED) is 0.596. The predicted octanol–water partition coefficient (Wildman–Crippen LogP) is 5.27. The van der Waals surface area contributed by atoms with E-state index < -0.39 is 17.7 Å². The van der Waals surface area contributed by atoms with Gasteiger partial charge in [0.1, 0.15) is 13.2 Å². The molecule has 2 heterocycles. The lowest BCUT2D eigenvalue weighted by Gasteiger charge is -2.25. The van der Waals surface area contributed by atoms with Crippen LogP contribution in [0.5, 0.6) is 11.5 Å². The Balaban J connectivity index is 2.00. The number of ether oxygens (including phenoxy) is 2. The molecule has 0 aliphatic carbocycles. The zero-order chi connectivity index (χ0) is 22.2. The second-order valence-electron chi connectivity index (χ2n) is 7.20. The van der Waals surface area contributed by atoms with Gasteiger partial charge in [-0.3, -0.25) is 9.78 Å². The molecule has 0 unspecified atom stereocenters. The van der Waals surface area contributed by atoms with Gasteiger partial charge in [-0.15, -0.1) is 0 Å². The zero-order valence-electron chi connectivity index (χ0n) is 16.8. The summed E-state index contributed by atoms with van der Waals surface area (Å²) < 4.78 is 54.2. The molecule has 0 saturated heterocycles. The molecule has 3 aromatic rings. The molecule has 1 aliphatic rings. The Kier molecular flexibility index (Phi) is 5.47. The van der Waals surface area contributed by atoms with E-state index in [1.54, 1.807) is 24.3 Å². The van der Waals surface area contributed by atoms with Gasteiger partial charge in [-0.2, -0.15) is 13.2 Å². The van der Waals surface area contributed by atoms with Crippen molar-refractivity contribution < 1.29 is 32.5 Å². The summed E-state index contributed by atoms with van der Waals surface area (Å²) in [5, 5.41) is 9.53. The minimum atomic E-state index is -4.64. The standard InChI is InChI=1S/C23H20F3NO4/c1-2-17-14-5-3-4-6-15(14)19(23(24,25)26)20(27-17)16-9-7-13(8-10-18(28)29)21-22(16)31-12-11-30-21/h3-7,9H,2,8,10-12H2,1H3,(H,28,29). The average Bonchev–Trinajstić information content (AvgIpc) is 2.75. The molecule has 0 spiro atoms. The van der Waals surface area contributed by atoms with Gasteiger partial charge in [-0.05, 0) is 29.9 Å². The molecule has 8 heteroatoms. The third-order valence-corrected chi connectivity index (χ3v) is 5.24. The highest BCUT2D eigenvalue weighted by Crippen LogP contribution is 2.48. The molecule has 2 aromatic carbocycles. The number of alkyl halides is 3. The van der Waals surface area contributed by atoms with Crippen molar-refractivity contribution in [2.24, 2.45) is 0 Å². The van der Waals surface area contributed by atoms with Crippen LogP contribution in [-0.2, 0) is 23.8 Å². The van der Waals surface area contributed by atoms with E-state index in [4.69, 9.17) is 14.6 Å². The van der Waals surface area contributed by atoms with Crippen LogP contribution in [-0.4, -0.2) is 29.3 Å². The lowest BCUT2D eigenvalue weighted by atomic mass is 9.94. The first kappa shape index (κ1) is 21.0. The summed E-state index contributed by atoms with van der Waals surface area (Å²) in [6.45, 7) is 2.25. The van der Waals surface area contributed by atoms with Crippen LogP contribution >= 0.6 is 0 Å². The first-order valence-corrected chi connectivity index (χ1v) is 9.93. The molecule has 0 amide bonds. The molecule has 5 nitrogen and oxygen atoms in total. The number of hydrogen-bond donors (Lipinski definition) is 1. The van der Waals surface area contributed by atoms with Crippen molar-refractivity contribution in [3.05, 3.63) is 53.2 Å². The van der Waals surface area contributed by atoms with Gasteiger partial charge in [0, 0.05) is 23.1 Å². The van der Waals surface area contributed by atoms with Gasteiger partial charge < -0.3 is 14.6 Å². The fourth-order valence-electron chi connectivity index (χ4n) is 3.90. The highest BCUT2D eigenvalue weighted by Gasteiger charge is 2.38. The molecule has 31 heavy (non-hydrogen) atoms. The molecule has 1 aromatic heterocycles. The zero-order valence-corrected chi connectivity index (χ0v) is 16.8. The fourth-order valence-corrected chi connectivity index (χ4v) is 3.90. The number of rotatable bonds is 5. The SMILES string of the molecule is CCc1nc(-c2ccc(CCC(=O)O)c3c2OCCO3)c(C(F)(F)F)c2ccccc12. The number of aromatic nitrogens is 1. The minimum absolute atomic E-state index is 0.0808. The van der Waals surface area contributed by atoms with Crippen molar-refractivity contribution in [3.63, 3.8) is 0 Å². The number of aliphatic carboxylic acids is 1. The van der Waals surface area contributed by atoms with Gasteiger partial charge in [0.05, 0.1) is 11.3 Å². The van der Waals surface area contributed by atoms with Crippen molar-refractivity contribution in [2.75, 3.05) is 13.2 Å². The molecule has 0 saturated carbocycles. The molecule has 0 fully saturated rings. The van der Waals surface area contributed by atoms with Crippen molar-refractivity contribution in [1.82, 2.24) is 4.98 Å². The summed E-state index contributed by atoms with van der Waals surface area (Å²) in [4.78, 5) is 15.4. The third-order valence-electron chi connectivity index (χ3n) is 5.24. The Hall–Kier alpha value is -3.29. The summed E-state index contributed by atoms with van der Waals surface area (Å²) in [7, 11) is 0. The largest absolute Gasteiger partial charge is 0.486 e. The first-order chi connectivity index (χ1) is 14.8. The summed E-state index contributed by atoms with van der Waals surface area (Å²) in [5.41, 5.74) is 0.274. The van der Waals surface area contributed by atoms with Crippen molar-refractivity contribution in [2.45, 2.75) is 32.4 Å². The highest BCUT2D eigenvalue weighted by atomic mass is 19.4. The van der Waals surface area contributed by atoms with E-state index in [1.807, 2.05) is 6.92 Å². The van der Waals surface area contributed by atoms with E-state index in [2.05, 4.69) is 4.98 Å². The van der Waals surface area contributed by atoms with E-state index >= 15 is 0 Å². The number of carboxylic acid groups (broad SMARTS) is 1. The molecule has 0 atom stereocenters. The lowest BCUT2D eigenvalue weighted by molar-refractivity contribution is -0.137. The van der Waals surface area contributed by atoms with Crippen LogP contribution in [0.3, 0.4) is 0 Å². The summed E-state index contributed by atoms with van der Waals surface area (Å²) in [5.74, 6) is -0.520. The number of aryl methyl sites for hydroxylation is 2. The lowest BCUT2D eigenvalue weighted by Crippen LogP contribution is -2.18. The maximum Gasteiger partial charge on any atom is 0.419 e. The Labute approximate surface area is 176 Å². The Morgan fingerprint density at radius 2 is 1.74 bits per heavy atom. The van der Waals surface area contributed by atoms with Gasteiger partial charge in [-0.25, -0.2) is 0 Å². The molecule has 0 radical (unpaired) electrons. The molecule has 4 rings (SSSR count). The average molecular weight is 431 g/mol. The molecule has 0 bridgehead atoms. The van der Waals surface area contributed by atoms with Crippen molar-refractivity contribution in [3.8, 4) is 22.8 Å². The number of carbonyl (C=O) groups is 1. The summed E-state index contributed by atoms with van der Waals surface area (Å²) in [6, 6.07) is 9.46. The monoisotopic (exact) mass is 431 g/mol. The molecule has 162 valence electrons. The second kappa shape index (κ2) is 8.09. The Morgan fingerprint density at radius 1 is 1.06 bits per heavy atom. The topological polar surface area (TPSA) is 68.7 Å². The molecular weight excluding hydrogens is 411 g/mol. The van der Waals surface area contributed by atoms with E-state index in [1.165, 1.54) is 12.1 Å². The number of nitrogens with zero attached hydrogens (tertiary/aromatic N) is 1. The van der Waals surface area contributed by atoms with Gasteiger partial charge in [0.2, 0.25) is 0 Å². The van der Waals surface area contributed by atoms with Crippen molar-refractivity contribution >= 4 is 16.7 Å². The van der Waals surface area contributed by atoms with Crippen LogP contribution in [0, 0.1) is 0 Å². The number of halogens is 3. The van der Waals surface area contributed by atoms with Crippen LogP contribution in [0.4, 0.5) is 13.2 Å². The fraction of sp³-hybridized carbons (Fsp3) is 0.304. The van der Waals surface area contributed by atoms with Crippen LogP contribution in [0.25, 0.3) is 22.0 Å². The molecular formula is C23H20F3NO4. The van der Waals surface area contributed by atoms with E-state index in [-0.39, 0.29) is 54.2 Å². The normalized spacial score (nSPS) is 13.4. The number of hydrogen-bond acceptors (Lipinski definition) is 4. The van der Waals surface area contributed by atoms with Crippen molar-refractivity contribution in [1.29, 1.82) is 0 Å². The second-order valence-corrected chi connectivity index (χ2v) is 7.20. The van der Waals surface area contributed by atoms with Crippen LogP contribution in [0.2, 0.25) is 0 Å². The van der Waals surface area contributed by atoms with Gasteiger partial charge in [0.25, 0.3) is 0 Å². The number of carboxylic acids is 1. The van der Waals surface area contributed by atoms with Gasteiger partial charge in [-0.1, -0.05) is 37.3 Å². The van der Waals surface area contributed by atoms with E-state index in [0.29, 0.717) is 23.1 Å². The van der Waals surface area contributed by atoms with Crippen LogP contribution in [0.15, 0.2) is 36.4 Å². The smallest absolute Gasteiger partial charge is 0.419 e.